The van der Waals surface area contributed by atoms with Crippen molar-refractivity contribution in [3.05, 3.63) is 42.4 Å². The fraction of sp³-hybridized carbons (Fsp3) is 0.455. The lowest BCUT2D eigenvalue weighted by Gasteiger charge is -2.47. The molecule has 3 heterocycles. The molecule has 3 aromatic rings. The number of pyridine rings is 1. The molecule has 0 amide bonds. The number of aromatic nitrogens is 4. The molecule has 3 aliphatic rings. The van der Waals surface area contributed by atoms with Crippen LogP contribution in [0.5, 0.6) is 0 Å². The van der Waals surface area contributed by atoms with Gasteiger partial charge < -0.3 is 9.72 Å². The van der Waals surface area contributed by atoms with Gasteiger partial charge >= 0.3 is 5.97 Å². The third-order valence-electron chi connectivity index (χ3n) is 6.77. The number of fused-ring (bicyclic) bond motifs is 4. The number of ether oxygens (including phenoxy) is 1. The zero-order chi connectivity index (χ0) is 20.0. The standard InChI is InChI=1S/C22H23FN4O2/c1-29-22(28)20-13-4-2-12(3-5-13)16(20)7-15-9-24-11-19(27-15)18-10-26-21-17(18)6-14(23)8-25-21/h6,8-13,16,20H,2-5,7H2,1H3,(H,25,26)/t12?,13?,16-,20-/m1/s1. The summed E-state index contributed by atoms with van der Waals surface area (Å²) in [4.78, 5) is 28.8. The molecule has 2 bridgehead atoms. The predicted molar refractivity (Wildman–Crippen MR) is 105 cm³/mol. The number of nitrogens with one attached hydrogen (secondary N) is 1. The van der Waals surface area contributed by atoms with Crippen LogP contribution in [0.1, 0.15) is 31.4 Å². The van der Waals surface area contributed by atoms with Gasteiger partial charge in [0.2, 0.25) is 0 Å². The van der Waals surface area contributed by atoms with Gasteiger partial charge in [0.25, 0.3) is 0 Å². The number of rotatable bonds is 4. The number of carbonyl (C=O) groups excluding carboxylic acids is 1. The number of esters is 1. The van der Waals surface area contributed by atoms with Crippen molar-refractivity contribution in [2.75, 3.05) is 7.11 Å². The van der Waals surface area contributed by atoms with Crippen molar-refractivity contribution < 1.29 is 13.9 Å². The Balaban J connectivity index is 1.46. The Morgan fingerprint density at radius 3 is 2.79 bits per heavy atom. The van der Waals surface area contributed by atoms with Crippen molar-refractivity contribution in [1.29, 1.82) is 0 Å². The predicted octanol–water partition coefficient (Wildman–Crippen LogP) is 3.93. The number of hydrogen-bond acceptors (Lipinski definition) is 5. The van der Waals surface area contributed by atoms with Crippen LogP contribution < -0.4 is 0 Å². The van der Waals surface area contributed by atoms with Crippen molar-refractivity contribution in [3.63, 3.8) is 0 Å². The minimum absolute atomic E-state index is 0.0515. The molecule has 29 heavy (non-hydrogen) atoms. The van der Waals surface area contributed by atoms with Crippen molar-refractivity contribution >= 4 is 17.0 Å². The van der Waals surface area contributed by atoms with Gasteiger partial charge in [0.15, 0.2) is 0 Å². The van der Waals surface area contributed by atoms with Gasteiger partial charge in [-0.25, -0.2) is 14.4 Å². The van der Waals surface area contributed by atoms with Crippen LogP contribution in [0.4, 0.5) is 4.39 Å². The van der Waals surface area contributed by atoms with Gasteiger partial charge in [-0.15, -0.1) is 0 Å². The molecule has 6 rings (SSSR count). The highest BCUT2D eigenvalue weighted by Crippen LogP contribution is 2.50. The van der Waals surface area contributed by atoms with Gasteiger partial charge in [0, 0.05) is 23.3 Å². The Hall–Kier alpha value is -2.83. The maximum absolute atomic E-state index is 13.7. The number of hydrogen-bond donors (Lipinski definition) is 1. The minimum atomic E-state index is -0.387. The Labute approximate surface area is 167 Å². The third-order valence-corrected chi connectivity index (χ3v) is 6.77. The number of carbonyl (C=O) groups is 1. The number of methoxy groups -OCH3 is 1. The van der Waals surface area contributed by atoms with Crippen LogP contribution in [0.25, 0.3) is 22.3 Å². The third kappa shape index (κ3) is 3.18. The van der Waals surface area contributed by atoms with Gasteiger partial charge in [0.05, 0.1) is 36.8 Å². The van der Waals surface area contributed by atoms with Crippen molar-refractivity contribution in [2.24, 2.45) is 23.7 Å². The van der Waals surface area contributed by atoms with Gasteiger partial charge in [-0.3, -0.25) is 9.78 Å². The Morgan fingerprint density at radius 1 is 1.21 bits per heavy atom. The van der Waals surface area contributed by atoms with E-state index in [1.54, 1.807) is 18.6 Å². The molecule has 7 heteroatoms. The summed E-state index contributed by atoms with van der Waals surface area (Å²) in [5, 5.41) is 0.681. The second-order valence-corrected chi connectivity index (χ2v) is 8.24. The van der Waals surface area contributed by atoms with E-state index in [0.29, 0.717) is 35.0 Å². The van der Waals surface area contributed by atoms with Gasteiger partial charge in [-0.1, -0.05) is 0 Å². The molecule has 0 aliphatic heterocycles. The molecule has 3 aromatic heterocycles. The number of aromatic amines is 1. The van der Waals surface area contributed by atoms with E-state index in [2.05, 4.69) is 15.0 Å². The zero-order valence-corrected chi connectivity index (χ0v) is 16.3. The van der Waals surface area contributed by atoms with E-state index in [1.807, 2.05) is 0 Å². The molecular formula is C22H23FN4O2. The Morgan fingerprint density at radius 2 is 2.00 bits per heavy atom. The normalized spacial score (nSPS) is 26.0. The Kier molecular flexibility index (Phi) is 4.53. The summed E-state index contributed by atoms with van der Waals surface area (Å²) in [5.74, 6) is 0.649. The summed E-state index contributed by atoms with van der Waals surface area (Å²) in [7, 11) is 1.48. The lowest BCUT2D eigenvalue weighted by Crippen LogP contribution is -2.45. The monoisotopic (exact) mass is 394 g/mol. The van der Waals surface area contributed by atoms with E-state index in [-0.39, 0.29) is 23.6 Å². The number of nitrogens with zero attached hydrogens (tertiary/aromatic N) is 3. The largest absolute Gasteiger partial charge is 0.469 e. The lowest BCUT2D eigenvalue weighted by molar-refractivity contribution is -0.156. The fourth-order valence-electron chi connectivity index (χ4n) is 5.44. The molecule has 150 valence electrons. The minimum Gasteiger partial charge on any atom is -0.469 e. The summed E-state index contributed by atoms with van der Waals surface area (Å²) in [5.41, 5.74) is 2.92. The maximum atomic E-state index is 13.7. The molecule has 0 unspecified atom stereocenters. The topological polar surface area (TPSA) is 80.8 Å². The van der Waals surface area contributed by atoms with E-state index < -0.39 is 0 Å². The summed E-state index contributed by atoms with van der Waals surface area (Å²) < 4.78 is 18.8. The first-order valence-corrected chi connectivity index (χ1v) is 10.2. The van der Waals surface area contributed by atoms with Gasteiger partial charge in [-0.05, 0) is 55.9 Å². The zero-order valence-electron chi connectivity index (χ0n) is 16.3. The smallest absolute Gasteiger partial charge is 0.309 e. The molecule has 0 saturated heterocycles. The van der Waals surface area contributed by atoms with E-state index in [4.69, 9.17) is 9.72 Å². The summed E-state index contributed by atoms with van der Waals surface area (Å²) in [6.45, 7) is 0. The average molecular weight is 394 g/mol. The molecule has 2 atom stereocenters. The average Bonchev–Trinajstić information content (AvgIpc) is 3.17. The van der Waals surface area contributed by atoms with Crippen LogP contribution in [-0.4, -0.2) is 33.0 Å². The maximum Gasteiger partial charge on any atom is 0.309 e. The lowest BCUT2D eigenvalue weighted by atomic mass is 9.57. The highest BCUT2D eigenvalue weighted by atomic mass is 19.1. The van der Waals surface area contributed by atoms with E-state index in [9.17, 15) is 9.18 Å². The SMILES string of the molecule is COC(=O)[C@@H]1C2CCC(CC2)[C@H]1Cc1cncc(-c2c[nH]c3ncc(F)cc23)n1. The molecule has 0 radical (unpaired) electrons. The first kappa shape index (κ1) is 18.2. The van der Waals surface area contributed by atoms with Crippen LogP contribution in [-0.2, 0) is 16.0 Å². The molecule has 0 spiro atoms. The van der Waals surface area contributed by atoms with Gasteiger partial charge in [-0.2, -0.15) is 0 Å². The highest BCUT2D eigenvalue weighted by molar-refractivity contribution is 5.92. The number of halogens is 1. The Bertz CT molecular complexity index is 1060. The first-order chi connectivity index (χ1) is 14.1. The van der Waals surface area contributed by atoms with Crippen molar-refractivity contribution in [1.82, 2.24) is 19.9 Å². The quantitative estimate of drug-likeness (QED) is 0.678. The molecule has 3 aliphatic carbocycles. The molecule has 3 fully saturated rings. The van der Waals surface area contributed by atoms with Crippen LogP contribution in [0.3, 0.4) is 0 Å². The summed E-state index contributed by atoms with van der Waals surface area (Å²) in [6, 6.07) is 1.45. The first-order valence-electron chi connectivity index (χ1n) is 10.2. The molecule has 6 nitrogen and oxygen atoms in total. The van der Waals surface area contributed by atoms with Crippen LogP contribution in [0.2, 0.25) is 0 Å². The molecule has 0 aromatic carbocycles. The van der Waals surface area contributed by atoms with Crippen LogP contribution in [0.15, 0.2) is 30.9 Å². The molecular weight excluding hydrogens is 371 g/mol. The second kappa shape index (κ2) is 7.21. The van der Waals surface area contributed by atoms with Crippen LogP contribution >= 0.6 is 0 Å². The van der Waals surface area contributed by atoms with Gasteiger partial charge in [0.1, 0.15) is 11.5 Å². The van der Waals surface area contributed by atoms with E-state index >= 15 is 0 Å². The van der Waals surface area contributed by atoms with Crippen molar-refractivity contribution in [3.8, 4) is 11.3 Å². The molecule has 1 N–H and O–H groups in total. The van der Waals surface area contributed by atoms with E-state index in [1.165, 1.54) is 32.2 Å². The van der Waals surface area contributed by atoms with Crippen molar-refractivity contribution in [2.45, 2.75) is 32.1 Å². The number of H-pyrrole nitrogens is 1. The highest BCUT2D eigenvalue weighted by Gasteiger charge is 2.47. The summed E-state index contributed by atoms with van der Waals surface area (Å²) >= 11 is 0. The summed E-state index contributed by atoms with van der Waals surface area (Å²) in [6.07, 6.45) is 11.7. The van der Waals surface area contributed by atoms with Crippen LogP contribution in [0, 0.1) is 29.5 Å². The van der Waals surface area contributed by atoms with E-state index in [0.717, 1.165) is 24.1 Å². The second-order valence-electron chi connectivity index (χ2n) is 8.24. The fourth-order valence-corrected chi connectivity index (χ4v) is 5.44. The molecule has 3 saturated carbocycles.